The highest BCUT2D eigenvalue weighted by Crippen LogP contribution is 2.26. The Labute approximate surface area is 172 Å². The number of aryl methyl sites for hydroxylation is 2. The van der Waals surface area contributed by atoms with Crippen molar-refractivity contribution in [1.82, 2.24) is 9.88 Å². The lowest BCUT2D eigenvalue weighted by Crippen LogP contribution is -2.32. The highest BCUT2D eigenvalue weighted by atomic mass is 32.1. The second-order valence-electron chi connectivity index (χ2n) is 7.80. The van der Waals surface area contributed by atoms with Gasteiger partial charge in [-0.2, -0.15) is 0 Å². The lowest BCUT2D eigenvalue weighted by atomic mass is 9.99. The third kappa shape index (κ3) is 6.31. The van der Waals surface area contributed by atoms with Crippen LogP contribution >= 0.6 is 11.3 Å². The molecule has 1 saturated heterocycles. The number of piperidine rings is 1. The summed E-state index contributed by atoms with van der Waals surface area (Å²) in [5.41, 5.74) is 2.24. The number of likely N-dealkylation sites (tertiary alicyclic amines) is 1. The largest absolute Gasteiger partial charge is 0.494 e. The van der Waals surface area contributed by atoms with E-state index in [9.17, 15) is 4.79 Å². The number of hydrogen-bond acceptors (Lipinski definition) is 5. The average Bonchev–Trinajstić information content (AvgIpc) is 3.01. The van der Waals surface area contributed by atoms with E-state index in [2.05, 4.69) is 22.1 Å². The van der Waals surface area contributed by atoms with Crippen LogP contribution in [0.1, 0.15) is 48.7 Å². The third-order valence-corrected chi connectivity index (χ3v) is 6.28. The number of nitrogens with zero attached hydrogens (tertiary/aromatic N) is 2. The van der Waals surface area contributed by atoms with E-state index in [0.29, 0.717) is 24.6 Å². The zero-order valence-electron chi connectivity index (χ0n) is 17.2. The molecule has 1 aliphatic rings. The van der Waals surface area contributed by atoms with Crippen LogP contribution in [0.4, 0.5) is 5.13 Å². The number of amides is 1. The molecule has 1 N–H and O–H groups in total. The lowest BCUT2D eigenvalue weighted by molar-refractivity contribution is -0.116. The summed E-state index contributed by atoms with van der Waals surface area (Å²) in [6, 6.07) is 7.96. The first-order valence-corrected chi connectivity index (χ1v) is 11.0. The summed E-state index contributed by atoms with van der Waals surface area (Å²) in [5, 5.41) is 3.66. The molecule has 3 rings (SSSR count). The maximum atomic E-state index is 12.2. The van der Waals surface area contributed by atoms with Crippen LogP contribution in [0.2, 0.25) is 0 Å². The molecular formula is C22H31N3O2S. The summed E-state index contributed by atoms with van der Waals surface area (Å²) in [6.07, 6.45) is 3.66. The Morgan fingerprint density at radius 2 is 1.96 bits per heavy atom. The molecule has 2 heterocycles. The van der Waals surface area contributed by atoms with Crippen LogP contribution in [0.15, 0.2) is 24.3 Å². The summed E-state index contributed by atoms with van der Waals surface area (Å²) in [6.45, 7) is 10.2. The number of aromatic nitrogens is 1. The highest BCUT2D eigenvalue weighted by molar-refractivity contribution is 7.15. The van der Waals surface area contributed by atoms with E-state index in [0.717, 1.165) is 37.0 Å². The third-order valence-electron chi connectivity index (χ3n) is 5.22. The van der Waals surface area contributed by atoms with Gasteiger partial charge < -0.3 is 10.1 Å². The second-order valence-corrected chi connectivity index (χ2v) is 8.88. The predicted molar refractivity (Wildman–Crippen MR) is 115 cm³/mol. The first-order valence-electron chi connectivity index (χ1n) is 10.2. The van der Waals surface area contributed by atoms with E-state index in [-0.39, 0.29) is 5.91 Å². The summed E-state index contributed by atoms with van der Waals surface area (Å²) in [7, 11) is 0. The van der Waals surface area contributed by atoms with Crippen molar-refractivity contribution in [2.24, 2.45) is 5.92 Å². The zero-order valence-corrected chi connectivity index (χ0v) is 18.0. The first-order chi connectivity index (χ1) is 13.5. The molecule has 0 saturated carbocycles. The molecule has 0 aliphatic carbocycles. The van der Waals surface area contributed by atoms with E-state index < -0.39 is 0 Å². The number of hydrogen-bond donors (Lipinski definition) is 1. The van der Waals surface area contributed by atoms with Gasteiger partial charge in [-0.15, -0.1) is 11.3 Å². The number of benzene rings is 1. The molecular weight excluding hydrogens is 370 g/mol. The monoisotopic (exact) mass is 401 g/mol. The second kappa shape index (κ2) is 10.0. The van der Waals surface area contributed by atoms with Gasteiger partial charge in [0.05, 0.1) is 12.3 Å². The Balaban J connectivity index is 1.39. The van der Waals surface area contributed by atoms with Crippen LogP contribution in [0.3, 0.4) is 0 Å². The van der Waals surface area contributed by atoms with Crippen molar-refractivity contribution in [3.05, 3.63) is 40.4 Å². The van der Waals surface area contributed by atoms with Crippen LogP contribution in [0, 0.1) is 19.8 Å². The summed E-state index contributed by atoms with van der Waals surface area (Å²) in [4.78, 5) is 20.5. The molecule has 1 aromatic carbocycles. The molecule has 5 nitrogen and oxygen atoms in total. The zero-order chi connectivity index (χ0) is 19.9. The van der Waals surface area contributed by atoms with Crippen molar-refractivity contribution in [3.63, 3.8) is 0 Å². The quantitative estimate of drug-likeness (QED) is 0.646. The Hall–Kier alpha value is -1.92. The maximum absolute atomic E-state index is 12.2. The van der Waals surface area contributed by atoms with E-state index >= 15 is 0 Å². The van der Waals surface area contributed by atoms with Crippen molar-refractivity contribution in [1.29, 1.82) is 0 Å². The minimum atomic E-state index is -0.000367. The molecule has 1 amide bonds. The average molecular weight is 402 g/mol. The van der Waals surface area contributed by atoms with Crippen LogP contribution in [0.25, 0.3) is 0 Å². The SMILES string of the molecule is Cc1ccc(OCCCC(=O)Nc2nc(C)c(CN3CCC(C)CC3)s2)cc1. The summed E-state index contributed by atoms with van der Waals surface area (Å²) in [5.74, 6) is 1.68. The van der Waals surface area contributed by atoms with E-state index in [1.54, 1.807) is 11.3 Å². The Kier molecular flexibility index (Phi) is 7.45. The number of ether oxygens (including phenoxy) is 1. The van der Waals surface area contributed by atoms with E-state index in [1.807, 2.05) is 38.1 Å². The lowest BCUT2D eigenvalue weighted by Gasteiger charge is -2.29. The van der Waals surface area contributed by atoms with Gasteiger partial charge >= 0.3 is 0 Å². The van der Waals surface area contributed by atoms with Gasteiger partial charge in [-0.1, -0.05) is 24.6 Å². The maximum Gasteiger partial charge on any atom is 0.226 e. The minimum absolute atomic E-state index is 0.000367. The smallest absolute Gasteiger partial charge is 0.226 e. The molecule has 0 unspecified atom stereocenters. The molecule has 2 aromatic rings. The number of rotatable bonds is 8. The van der Waals surface area contributed by atoms with Crippen molar-refractivity contribution in [2.45, 2.75) is 53.0 Å². The summed E-state index contributed by atoms with van der Waals surface area (Å²) >= 11 is 1.60. The fraction of sp³-hybridized carbons (Fsp3) is 0.545. The molecule has 0 spiro atoms. The van der Waals surface area contributed by atoms with Gasteiger partial charge in [0, 0.05) is 17.8 Å². The van der Waals surface area contributed by atoms with Gasteiger partial charge in [-0.05, 0) is 64.3 Å². The normalized spacial score (nSPS) is 15.5. The molecule has 6 heteroatoms. The number of carbonyl (C=O) groups excluding carboxylic acids is 1. The van der Waals surface area contributed by atoms with Crippen LogP contribution in [-0.4, -0.2) is 35.5 Å². The van der Waals surface area contributed by atoms with E-state index in [4.69, 9.17) is 4.74 Å². The van der Waals surface area contributed by atoms with E-state index in [1.165, 1.54) is 23.3 Å². The van der Waals surface area contributed by atoms with Gasteiger partial charge in [-0.25, -0.2) is 4.98 Å². The van der Waals surface area contributed by atoms with Crippen LogP contribution < -0.4 is 10.1 Å². The van der Waals surface area contributed by atoms with Gasteiger partial charge in [-0.3, -0.25) is 9.69 Å². The fourth-order valence-electron chi connectivity index (χ4n) is 3.29. The molecule has 1 aromatic heterocycles. The molecule has 152 valence electrons. The molecule has 1 fully saturated rings. The topological polar surface area (TPSA) is 54.5 Å². The Bertz CT molecular complexity index is 765. The Morgan fingerprint density at radius 3 is 2.68 bits per heavy atom. The number of anilines is 1. The van der Waals surface area contributed by atoms with Gasteiger partial charge in [0.25, 0.3) is 0 Å². The first kappa shape index (κ1) is 20.8. The predicted octanol–water partition coefficient (Wildman–Crippen LogP) is 4.79. The van der Waals surface area contributed by atoms with Gasteiger partial charge in [0.2, 0.25) is 5.91 Å². The fourth-order valence-corrected chi connectivity index (χ4v) is 4.31. The standard InChI is InChI=1S/C22H31N3O2S/c1-16-6-8-19(9-7-16)27-14-4-5-21(26)24-22-23-18(3)20(28-22)15-25-12-10-17(2)11-13-25/h6-9,17H,4-5,10-15H2,1-3H3,(H,23,24,26). The minimum Gasteiger partial charge on any atom is -0.494 e. The van der Waals surface area contributed by atoms with Gasteiger partial charge in [0.1, 0.15) is 5.75 Å². The number of thiazole rings is 1. The van der Waals surface area contributed by atoms with Crippen molar-refractivity contribution >= 4 is 22.4 Å². The highest BCUT2D eigenvalue weighted by Gasteiger charge is 2.18. The molecule has 0 radical (unpaired) electrons. The Morgan fingerprint density at radius 1 is 1.25 bits per heavy atom. The van der Waals surface area contributed by atoms with Gasteiger partial charge in [0.15, 0.2) is 5.13 Å². The molecule has 0 bridgehead atoms. The van der Waals surface area contributed by atoms with Crippen molar-refractivity contribution < 1.29 is 9.53 Å². The molecule has 1 aliphatic heterocycles. The van der Waals surface area contributed by atoms with Crippen LogP contribution in [0.5, 0.6) is 5.75 Å². The number of nitrogens with one attached hydrogen (secondary N) is 1. The molecule has 0 atom stereocenters. The van der Waals surface area contributed by atoms with Crippen LogP contribution in [-0.2, 0) is 11.3 Å². The summed E-state index contributed by atoms with van der Waals surface area (Å²) < 4.78 is 5.68. The molecule has 28 heavy (non-hydrogen) atoms. The number of carbonyl (C=O) groups is 1. The van der Waals surface area contributed by atoms with Crippen molar-refractivity contribution in [2.75, 3.05) is 25.0 Å². The van der Waals surface area contributed by atoms with Crippen molar-refractivity contribution in [3.8, 4) is 5.75 Å².